The highest BCUT2D eigenvalue weighted by molar-refractivity contribution is 8.15. The van der Waals surface area contributed by atoms with E-state index in [0.29, 0.717) is 26.2 Å². The average molecular weight is 604 g/mol. The van der Waals surface area contributed by atoms with Crippen LogP contribution in [-0.2, 0) is 33.5 Å². The van der Waals surface area contributed by atoms with Gasteiger partial charge in [-0.05, 0) is 55.4 Å². The fourth-order valence-electron chi connectivity index (χ4n) is 3.92. The molecule has 0 saturated carbocycles. The molecule has 40 heavy (non-hydrogen) atoms. The van der Waals surface area contributed by atoms with Crippen molar-refractivity contribution in [1.82, 2.24) is 15.1 Å². The molecule has 0 rings (SSSR count). The second kappa shape index (κ2) is 17.7. The molecule has 0 aliphatic carbocycles. The Morgan fingerprint density at radius 2 is 1.10 bits per heavy atom. The zero-order valence-electron chi connectivity index (χ0n) is 25.9. The Bertz CT molecular complexity index is 828. The standard InChI is InChI=1S/C28H49N3O7S2/c1-11-19(32)29-23(25(36)30(13-3)14-4)27(7,8)39-21(34)17-18-22(35)40-28(9,10)24(38-20(33)12-2)26(37)31(15-5)16-6/h23-24H,11-18H2,1-10H3,(H,29,32)/t23-,24-/m1/s1. The first-order valence-corrected chi connectivity index (χ1v) is 15.7. The van der Waals surface area contributed by atoms with Crippen LogP contribution in [-0.4, -0.2) is 91.5 Å². The maximum Gasteiger partial charge on any atom is 0.306 e. The van der Waals surface area contributed by atoms with Crippen molar-refractivity contribution in [3.05, 3.63) is 0 Å². The van der Waals surface area contributed by atoms with E-state index in [2.05, 4.69) is 5.32 Å². The van der Waals surface area contributed by atoms with Crippen molar-refractivity contribution in [2.75, 3.05) is 26.2 Å². The summed E-state index contributed by atoms with van der Waals surface area (Å²) in [6.07, 6.45) is -1.06. The van der Waals surface area contributed by atoms with Gasteiger partial charge in [-0.25, -0.2) is 0 Å². The van der Waals surface area contributed by atoms with Crippen LogP contribution in [0.3, 0.4) is 0 Å². The first-order valence-electron chi connectivity index (χ1n) is 14.0. The second-order valence-corrected chi connectivity index (χ2v) is 13.7. The molecule has 0 aliphatic rings. The molecule has 10 nitrogen and oxygen atoms in total. The number of amides is 3. The molecule has 3 amide bonds. The summed E-state index contributed by atoms with van der Waals surface area (Å²) < 4.78 is 3.45. The zero-order chi connectivity index (χ0) is 31.3. The first kappa shape index (κ1) is 37.9. The van der Waals surface area contributed by atoms with Crippen LogP contribution in [0.15, 0.2) is 0 Å². The van der Waals surface area contributed by atoms with E-state index in [-0.39, 0.29) is 53.6 Å². The number of carbonyl (C=O) groups excluding carboxylic acids is 6. The molecule has 0 aromatic heterocycles. The van der Waals surface area contributed by atoms with Crippen molar-refractivity contribution in [3.63, 3.8) is 0 Å². The molecule has 0 aromatic rings. The third kappa shape index (κ3) is 11.8. The van der Waals surface area contributed by atoms with Crippen molar-refractivity contribution in [2.24, 2.45) is 0 Å². The smallest absolute Gasteiger partial charge is 0.306 e. The Morgan fingerprint density at radius 3 is 1.50 bits per heavy atom. The molecule has 0 aromatic carbocycles. The topological polar surface area (TPSA) is 130 Å². The Labute approximate surface area is 248 Å². The van der Waals surface area contributed by atoms with E-state index in [9.17, 15) is 28.8 Å². The number of carbonyl (C=O) groups is 6. The fourth-order valence-corrected chi connectivity index (χ4v) is 6.04. The summed E-state index contributed by atoms with van der Waals surface area (Å²) in [5, 5.41) is 2.15. The van der Waals surface area contributed by atoms with Gasteiger partial charge in [0.15, 0.2) is 16.3 Å². The lowest BCUT2D eigenvalue weighted by atomic mass is 10.0. The van der Waals surface area contributed by atoms with Crippen LogP contribution < -0.4 is 5.32 Å². The summed E-state index contributed by atoms with van der Waals surface area (Å²) in [6.45, 7) is 19.3. The van der Waals surface area contributed by atoms with Crippen LogP contribution in [0.1, 0.15) is 94.9 Å². The Kier molecular flexibility index (Phi) is 16.8. The third-order valence-corrected chi connectivity index (χ3v) is 8.77. The van der Waals surface area contributed by atoms with Crippen molar-refractivity contribution in [3.8, 4) is 0 Å². The number of hydrogen-bond acceptors (Lipinski definition) is 9. The van der Waals surface area contributed by atoms with Crippen molar-refractivity contribution < 1.29 is 33.5 Å². The van der Waals surface area contributed by atoms with E-state index < -0.39 is 27.6 Å². The van der Waals surface area contributed by atoms with E-state index >= 15 is 0 Å². The molecule has 0 spiro atoms. The van der Waals surface area contributed by atoms with Crippen LogP contribution in [0.5, 0.6) is 0 Å². The van der Waals surface area contributed by atoms with Gasteiger partial charge in [0.2, 0.25) is 11.8 Å². The van der Waals surface area contributed by atoms with E-state index in [1.54, 1.807) is 51.3 Å². The molecule has 0 fully saturated rings. The molecule has 0 aliphatic heterocycles. The fraction of sp³-hybridized carbons (Fsp3) is 0.786. The zero-order valence-corrected chi connectivity index (χ0v) is 27.5. The summed E-state index contributed by atoms with van der Waals surface area (Å²) in [4.78, 5) is 79.6. The van der Waals surface area contributed by atoms with Crippen molar-refractivity contribution in [2.45, 2.75) is 117 Å². The number of rotatable bonds is 17. The molecule has 0 heterocycles. The van der Waals surface area contributed by atoms with Crippen molar-refractivity contribution in [1.29, 1.82) is 0 Å². The first-order chi connectivity index (χ1) is 18.5. The second-order valence-electron chi connectivity index (χ2n) is 10.3. The molecule has 0 unspecified atom stereocenters. The highest BCUT2D eigenvalue weighted by Gasteiger charge is 2.43. The summed E-state index contributed by atoms with van der Waals surface area (Å²) in [7, 11) is 0. The molecule has 0 saturated heterocycles. The average Bonchev–Trinajstić information content (AvgIpc) is 2.89. The highest BCUT2D eigenvalue weighted by atomic mass is 32.2. The van der Waals surface area contributed by atoms with Crippen LogP contribution in [0.4, 0.5) is 0 Å². The predicted molar refractivity (Wildman–Crippen MR) is 161 cm³/mol. The minimum absolute atomic E-state index is 0.0900. The maximum absolute atomic E-state index is 13.2. The molecule has 0 radical (unpaired) electrons. The number of hydrogen-bond donors (Lipinski definition) is 1. The lowest BCUT2D eigenvalue weighted by Crippen LogP contribution is -2.57. The largest absolute Gasteiger partial charge is 0.451 e. The summed E-state index contributed by atoms with van der Waals surface area (Å²) in [6, 6.07) is -0.919. The van der Waals surface area contributed by atoms with E-state index in [0.717, 1.165) is 23.5 Å². The minimum atomic E-state index is -1.16. The van der Waals surface area contributed by atoms with Crippen LogP contribution in [0.25, 0.3) is 0 Å². The van der Waals surface area contributed by atoms with E-state index in [4.69, 9.17) is 4.74 Å². The van der Waals surface area contributed by atoms with Crippen LogP contribution >= 0.6 is 23.5 Å². The van der Waals surface area contributed by atoms with Gasteiger partial charge in [-0.15, -0.1) is 0 Å². The third-order valence-electron chi connectivity index (χ3n) is 6.40. The number of ether oxygens (including phenoxy) is 1. The number of thioether (sulfide) groups is 2. The van der Waals surface area contributed by atoms with Crippen molar-refractivity contribution >= 4 is 57.4 Å². The van der Waals surface area contributed by atoms with E-state index in [1.165, 1.54) is 0 Å². The van der Waals surface area contributed by atoms with Gasteiger partial charge in [0.1, 0.15) is 6.04 Å². The SMILES string of the molecule is CCC(=O)N[C@H](C(=O)N(CC)CC)C(C)(C)SC(=O)CCC(=O)SC(C)(C)[C@H](OC(=O)CC)C(=O)N(CC)CC. The van der Waals surface area contributed by atoms with Crippen LogP contribution in [0, 0.1) is 0 Å². The van der Waals surface area contributed by atoms with Gasteiger partial charge in [0.25, 0.3) is 5.91 Å². The minimum Gasteiger partial charge on any atom is -0.451 e. The maximum atomic E-state index is 13.2. The molecule has 1 N–H and O–H groups in total. The van der Waals surface area contributed by atoms with Gasteiger partial charge >= 0.3 is 5.97 Å². The summed E-state index contributed by atoms with van der Waals surface area (Å²) in [5.74, 6) is -1.47. The monoisotopic (exact) mass is 603 g/mol. The normalized spacial score (nSPS) is 13.2. The predicted octanol–water partition coefficient (Wildman–Crippen LogP) is 3.80. The van der Waals surface area contributed by atoms with Crippen LogP contribution in [0.2, 0.25) is 0 Å². The van der Waals surface area contributed by atoms with Gasteiger partial charge in [0.05, 0.1) is 4.75 Å². The molecule has 230 valence electrons. The molecule has 12 heteroatoms. The summed E-state index contributed by atoms with van der Waals surface area (Å²) >= 11 is 1.81. The molecule has 2 atom stereocenters. The lowest BCUT2D eigenvalue weighted by molar-refractivity contribution is -0.161. The number of likely N-dealkylation sites (N-methyl/N-ethyl adjacent to an activating group) is 2. The van der Waals surface area contributed by atoms with Gasteiger partial charge in [-0.1, -0.05) is 37.4 Å². The highest BCUT2D eigenvalue weighted by Crippen LogP contribution is 2.35. The quantitative estimate of drug-likeness (QED) is 0.247. The Balaban J connectivity index is 5.55. The van der Waals surface area contributed by atoms with Gasteiger partial charge in [0, 0.05) is 56.6 Å². The van der Waals surface area contributed by atoms with Gasteiger partial charge < -0.3 is 19.9 Å². The van der Waals surface area contributed by atoms with E-state index in [1.807, 2.05) is 27.7 Å². The molecular formula is C28H49N3O7S2. The molecule has 0 bridgehead atoms. The molecular weight excluding hydrogens is 554 g/mol. The number of esters is 1. The van der Waals surface area contributed by atoms with Gasteiger partial charge in [-0.3, -0.25) is 28.8 Å². The number of nitrogens with one attached hydrogen (secondary N) is 1. The lowest BCUT2D eigenvalue weighted by Gasteiger charge is -2.36. The Hall–Kier alpha value is -2.08. The van der Waals surface area contributed by atoms with Gasteiger partial charge in [-0.2, -0.15) is 0 Å². The number of nitrogens with zero attached hydrogens (tertiary/aromatic N) is 2. The Morgan fingerprint density at radius 1 is 0.675 bits per heavy atom. The summed E-state index contributed by atoms with van der Waals surface area (Å²) in [5.41, 5.74) is 0.